The first kappa shape index (κ1) is 8.30. The molecule has 1 N–H and O–H groups in total. The number of nitrogens with one attached hydrogen (secondary N) is 1. The molecule has 0 radical (unpaired) electrons. The maximum atomic E-state index is 4.56. The highest BCUT2D eigenvalue weighted by molar-refractivity contribution is 5.96. The van der Waals surface area contributed by atoms with Crippen molar-refractivity contribution >= 4 is 11.5 Å². The van der Waals surface area contributed by atoms with Crippen molar-refractivity contribution in [3.8, 4) is 0 Å². The van der Waals surface area contributed by atoms with E-state index in [0.29, 0.717) is 0 Å². The first-order valence-corrected chi connectivity index (χ1v) is 4.52. The predicted octanol–water partition coefficient (Wildman–Crippen LogP) is 2.77. The van der Waals surface area contributed by atoms with Crippen LogP contribution in [0.4, 0.5) is 5.69 Å². The highest BCUT2D eigenvalue weighted by Gasteiger charge is 2.25. The first-order valence-electron chi connectivity index (χ1n) is 4.52. The van der Waals surface area contributed by atoms with Gasteiger partial charge in [0.2, 0.25) is 0 Å². The second-order valence-corrected chi connectivity index (χ2v) is 3.93. The topological polar surface area (TPSA) is 24.4 Å². The zero-order valence-corrected chi connectivity index (χ0v) is 8.26. The van der Waals surface area contributed by atoms with Gasteiger partial charge in [0, 0.05) is 11.3 Å². The van der Waals surface area contributed by atoms with E-state index in [9.17, 15) is 0 Å². The minimum atomic E-state index is -0.0913. The van der Waals surface area contributed by atoms with Crippen LogP contribution in [0.2, 0.25) is 0 Å². The van der Waals surface area contributed by atoms with E-state index in [2.05, 4.69) is 42.4 Å². The van der Waals surface area contributed by atoms with Crippen molar-refractivity contribution in [1.82, 2.24) is 0 Å². The first-order chi connectivity index (χ1) is 6.09. The summed E-state index contributed by atoms with van der Waals surface area (Å²) in [7, 11) is 0. The van der Waals surface area contributed by atoms with Crippen LogP contribution in [0, 0.1) is 0 Å². The van der Waals surface area contributed by atoms with E-state index in [4.69, 9.17) is 0 Å². The van der Waals surface area contributed by atoms with Crippen LogP contribution in [0.25, 0.3) is 0 Å². The Morgan fingerprint density at radius 2 is 1.92 bits per heavy atom. The average molecular weight is 174 g/mol. The number of amidine groups is 1. The Labute approximate surface area is 78.7 Å². The quantitative estimate of drug-likeness (QED) is 0.642. The Morgan fingerprint density at radius 1 is 1.23 bits per heavy atom. The van der Waals surface area contributed by atoms with Crippen LogP contribution in [0.5, 0.6) is 0 Å². The number of aliphatic imine (C=N–C) groups is 1. The maximum Gasteiger partial charge on any atom is 0.0986 e. The lowest BCUT2D eigenvalue weighted by molar-refractivity contribution is 0.554. The third-order valence-electron chi connectivity index (χ3n) is 2.35. The molecule has 0 bridgehead atoms. The highest BCUT2D eigenvalue weighted by atomic mass is 15.1. The van der Waals surface area contributed by atoms with Gasteiger partial charge in [-0.1, -0.05) is 18.2 Å². The Bertz CT molecular complexity index is 364. The second-order valence-electron chi connectivity index (χ2n) is 3.93. The Balaban J connectivity index is 2.58. The van der Waals surface area contributed by atoms with E-state index in [1.54, 1.807) is 0 Å². The van der Waals surface area contributed by atoms with E-state index in [1.165, 1.54) is 11.3 Å². The summed E-state index contributed by atoms with van der Waals surface area (Å²) >= 11 is 0. The van der Waals surface area contributed by atoms with Crippen molar-refractivity contribution in [2.24, 2.45) is 4.99 Å². The molecule has 1 aliphatic rings. The average Bonchev–Trinajstić information content (AvgIpc) is 2.02. The van der Waals surface area contributed by atoms with Gasteiger partial charge < -0.3 is 5.32 Å². The van der Waals surface area contributed by atoms with Gasteiger partial charge in [-0.05, 0) is 26.8 Å². The molecule has 0 spiro atoms. The van der Waals surface area contributed by atoms with Crippen LogP contribution >= 0.6 is 0 Å². The van der Waals surface area contributed by atoms with E-state index in [0.717, 1.165) is 5.84 Å². The summed E-state index contributed by atoms with van der Waals surface area (Å²) in [5.74, 6) is 0.990. The molecule has 1 heterocycles. The van der Waals surface area contributed by atoms with E-state index in [1.807, 2.05) is 13.0 Å². The number of hydrogen-bond acceptors (Lipinski definition) is 2. The van der Waals surface area contributed by atoms with E-state index < -0.39 is 0 Å². The summed E-state index contributed by atoms with van der Waals surface area (Å²) in [4.78, 5) is 4.56. The van der Waals surface area contributed by atoms with Gasteiger partial charge in [0.15, 0.2) is 0 Å². The van der Waals surface area contributed by atoms with Crippen molar-refractivity contribution < 1.29 is 0 Å². The lowest BCUT2D eigenvalue weighted by atomic mass is 9.92. The molecule has 1 aromatic carbocycles. The number of fused-ring (bicyclic) bond motifs is 1. The monoisotopic (exact) mass is 174 g/mol. The zero-order valence-electron chi connectivity index (χ0n) is 8.26. The molecule has 2 nitrogen and oxygen atoms in total. The van der Waals surface area contributed by atoms with Crippen molar-refractivity contribution in [2.75, 3.05) is 5.32 Å². The van der Waals surface area contributed by atoms with E-state index in [-0.39, 0.29) is 5.54 Å². The number of benzene rings is 1. The molecular weight excluding hydrogens is 160 g/mol. The lowest BCUT2D eigenvalue weighted by Gasteiger charge is -2.29. The fourth-order valence-electron chi connectivity index (χ4n) is 1.83. The number of hydrogen-bond donors (Lipinski definition) is 1. The van der Waals surface area contributed by atoms with E-state index >= 15 is 0 Å². The fraction of sp³-hybridized carbons (Fsp3) is 0.364. The molecule has 0 saturated heterocycles. The van der Waals surface area contributed by atoms with Crippen molar-refractivity contribution in [3.05, 3.63) is 29.8 Å². The SMILES string of the molecule is CC1=NC(C)(C)c2ccccc2N1. The maximum absolute atomic E-state index is 4.56. The van der Waals surface area contributed by atoms with Crippen LogP contribution < -0.4 is 5.32 Å². The van der Waals surface area contributed by atoms with Crippen LogP contribution in [-0.2, 0) is 5.54 Å². The number of para-hydroxylation sites is 1. The van der Waals surface area contributed by atoms with Crippen LogP contribution in [-0.4, -0.2) is 5.84 Å². The third kappa shape index (κ3) is 1.32. The molecule has 0 atom stereocenters. The summed E-state index contributed by atoms with van der Waals surface area (Å²) < 4.78 is 0. The summed E-state index contributed by atoms with van der Waals surface area (Å²) in [6, 6.07) is 8.31. The van der Waals surface area contributed by atoms with Crippen LogP contribution in [0.1, 0.15) is 26.3 Å². The van der Waals surface area contributed by atoms with Gasteiger partial charge in [0.25, 0.3) is 0 Å². The molecule has 13 heavy (non-hydrogen) atoms. The molecule has 0 saturated carbocycles. The van der Waals surface area contributed by atoms with Crippen molar-refractivity contribution in [3.63, 3.8) is 0 Å². The van der Waals surface area contributed by atoms with Gasteiger partial charge in [-0.25, -0.2) is 0 Å². The summed E-state index contributed by atoms with van der Waals surface area (Å²) in [5, 5.41) is 3.27. The Kier molecular flexibility index (Phi) is 1.65. The normalized spacial score (nSPS) is 18.5. The lowest BCUT2D eigenvalue weighted by Crippen LogP contribution is -2.26. The molecule has 1 aliphatic heterocycles. The van der Waals surface area contributed by atoms with Gasteiger partial charge in [0.05, 0.1) is 11.4 Å². The van der Waals surface area contributed by atoms with Crippen molar-refractivity contribution in [1.29, 1.82) is 0 Å². The molecule has 68 valence electrons. The van der Waals surface area contributed by atoms with Crippen LogP contribution in [0.15, 0.2) is 29.3 Å². The van der Waals surface area contributed by atoms with Gasteiger partial charge in [-0.3, -0.25) is 4.99 Å². The Hall–Kier alpha value is -1.31. The summed E-state index contributed by atoms with van der Waals surface area (Å²) in [5.41, 5.74) is 2.35. The molecule has 0 unspecified atom stereocenters. The molecular formula is C11H14N2. The summed E-state index contributed by atoms with van der Waals surface area (Å²) in [6.07, 6.45) is 0. The predicted molar refractivity (Wildman–Crippen MR) is 56.2 cm³/mol. The fourth-order valence-corrected chi connectivity index (χ4v) is 1.83. The summed E-state index contributed by atoms with van der Waals surface area (Å²) in [6.45, 7) is 6.27. The highest BCUT2D eigenvalue weighted by Crippen LogP contribution is 2.34. The minimum absolute atomic E-state index is 0.0913. The zero-order chi connectivity index (χ0) is 9.47. The Morgan fingerprint density at radius 3 is 2.69 bits per heavy atom. The van der Waals surface area contributed by atoms with Gasteiger partial charge in [-0.15, -0.1) is 0 Å². The number of anilines is 1. The van der Waals surface area contributed by atoms with Gasteiger partial charge in [-0.2, -0.15) is 0 Å². The standard InChI is InChI=1S/C11H14N2/c1-8-12-10-7-5-4-6-9(10)11(2,3)13-8/h4-7H,1-3H3,(H,12,13). The molecule has 0 aromatic heterocycles. The molecule has 1 aromatic rings. The van der Waals surface area contributed by atoms with Gasteiger partial charge in [0.1, 0.15) is 0 Å². The molecule has 0 fully saturated rings. The molecule has 0 amide bonds. The smallest absolute Gasteiger partial charge is 0.0986 e. The number of nitrogens with zero attached hydrogens (tertiary/aromatic N) is 1. The largest absolute Gasteiger partial charge is 0.344 e. The minimum Gasteiger partial charge on any atom is -0.344 e. The number of rotatable bonds is 0. The second kappa shape index (κ2) is 2.59. The van der Waals surface area contributed by atoms with Gasteiger partial charge >= 0.3 is 0 Å². The molecule has 2 rings (SSSR count). The van der Waals surface area contributed by atoms with Crippen molar-refractivity contribution in [2.45, 2.75) is 26.3 Å². The molecule has 0 aliphatic carbocycles. The van der Waals surface area contributed by atoms with Crippen LogP contribution in [0.3, 0.4) is 0 Å². The third-order valence-corrected chi connectivity index (χ3v) is 2.35. The molecule has 2 heteroatoms.